The van der Waals surface area contributed by atoms with Gasteiger partial charge in [-0.3, -0.25) is 19.1 Å². The van der Waals surface area contributed by atoms with Gasteiger partial charge < -0.3 is 0 Å². The van der Waals surface area contributed by atoms with Gasteiger partial charge in [-0.1, -0.05) is 24.3 Å². The molecule has 8 rings (SSSR count). The Kier molecular flexibility index (Phi) is 4.41. The third-order valence-electron chi connectivity index (χ3n) is 6.96. The van der Waals surface area contributed by atoms with Gasteiger partial charge in [0.25, 0.3) is 0 Å². The zero-order valence-electron chi connectivity index (χ0n) is 20.0. The van der Waals surface area contributed by atoms with Crippen LogP contribution >= 0.6 is 0 Å². The fourth-order valence-electron chi connectivity index (χ4n) is 5.29. The Bertz CT molecular complexity index is 1960. The minimum Gasteiger partial charge on any atom is -0.293 e. The van der Waals surface area contributed by atoms with Gasteiger partial charge in [0.15, 0.2) is 11.3 Å². The average Bonchev–Trinajstić information content (AvgIpc) is 3.51. The molecule has 0 fully saturated rings. The molecule has 0 N–H and O–H groups in total. The molecule has 0 atom stereocenters. The smallest absolute Gasteiger partial charge is 0.188 e. The van der Waals surface area contributed by atoms with Crippen LogP contribution in [0.4, 0.5) is 5.69 Å². The molecule has 10 nitrogen and oxygen atoms in total. The summed E-state index contributed by atoms with van der Waals surface area (Å²) in [5, 5.41) is 16.7. The molecule has 7 aromatic rings. The predicted octanol–water partition coefficient (Wildman–Crippen LogP) is 4.81. The number of aliphatic imine (C=N–C) groups is 1. The molecule has 0 saturated heterocycles. The maximum Gasteiger partial charge on any atom is 0.188 e. The summed E-state index contributed by atoms with van der Waals surface area (Å²) in [6.45, 7) is 0. The van der Waals surface area contributed by atoms with Crippen molar-refractivity contribution in [1.82, 2.24) is 44.5 Å². The fraction of sp³-hybridized carbons (Fsp3) is 0.0714. The van der Waals surface area contributed by atoms with Gasteiger partial charge in [-0.05, 0) is 60.4 Å². The number of pyridine rings is 1. The van der Waals surface area contributed by atoms with Gasteiger partial charge in [-0.15, -0.1) is 20.4 Å². The average molecular weight is 495 g/mol. The summed E-state index contributed by atoms with van der Waals surface area (Å²) in [5.41, 5.74) is 10.9. The number of aromatic nitrogens is 9. The first-order valence-electron chi connectivity index (χ1n) is 12.2. The number of fused-ring (bicyclic) bond motifs is 6. The lowest BCUT2D eigenvalue weighted by Crippen LogP contribution is -2.04. The summed E-state index contributed by atoms with van der Waals surface area (Å²) >= 11 is 0. The molecule has 180 valence electrons. The van der Waals surface area contributed by atoms with Crippen LogP contribution in [0.15, 0.2) is 84.5 Å². The van der Waals surface area contributed by atoms with E-state index in [9.17, 15) is 0 Å². The third kappa shape index (κ3) is 3.00. The zero-order chi connectivity index (χ0) is 25.1. The van der Waals surface area contributed by atoms with Crippen LogP contribution in [0.5, 0.6) is 0 Å². The van der Waals surface area contributed by atoms with E-state index >= 15 is 0 Å². The van der Waals surface area contributed by atoms with Crippen molar-refractivity contribution in [3.8, 4) is 22.5 Å². The van der Waals surface area contributed by atoms with Crippen LogP contribution in [0.1, 0.15) is 12.1 Å². The number of benzene rings is 2. The summed E-state index contributed by atoms with van der Waals surface area (Å²) in [4.78, 5) is 18.0. The highest BCUT2D eigenvalue weighted by atomic mass is 15.2. The van der Waals surface area contributed by atoms with E-state index in [1.807, 2.05) is 22.9 Å². The highest BCUT2D eigenvalue weighted by molar-refractivity contribution is 6.02. The second kappa shape index (κ2) is 8.07. The summed E-state index contributed by atoms with van der Waals surface area (Å²) in [6.07, 6.45) is 8.42. The Morgan fingerprint density at radius 2 is 1.29 bits per heavy atom. The molecule has 6 heterocycles. The summed E-state index contributed by atoms with van der Waals surface area (Å²) in [7, 11) is 0. The molecule has 0 aliphatic carbocycles. The third-order valence-corrected chi connectivity index (χ3v) is 6.96. The predicted molar refractivity (Wildman–Crippen MR) is 144 cm³/mol. The first-order chi connectivity index (χ1) is 18.9. The van der Waals surface area contributed by atoms with Crippen molar-refractivity contribution in [3.63, 3.8) is 0 Å². The van der Waals surface area contributed by atoms with Gasteiger partial charge in [0.1, 0.15) is 34.9 Å². The Morgan fingerprint density at radius 1 is 0.632 bits per heavy atom. The van der Waals surface area contributed by atoms with E-state index in [0.717, 1.165) is 74.4 Å². The van der Waals surface area contributed by atoms with Gasteiger partial charge in [0, 0.05) is 23.8 Å². The standard InChI is InChI=1S/C28H18N10/c1-3-21-23(29-13-1)25-27(35-33-15-31-25)37(21)19-9-5-17(6-10-19)18-7-11-20(12-8-18)38-22-4-2-14-30-24(22)26-28(38)36-34-16-32-26/h1,3,5-16H,2,4H2. The van der Waals surface area contributed by atoms with Crippen LogP contribution < -0.4 is 0 Å². The van der Waals surface area contributed by atoms with Crippen molar-refractivity contribution in [2.75, 3.05) is 0 Å². The second-order valence-electron chi connectivity index (χ2n) is 9.05. The van der Waals surface area contributed by atoms with Crippen molar-refractivity contribution >= 4 is 45.3 Å². The molecule has 0 saturated carbocycles. The molecule has 0 bridgehead atoms. The SMILES string of the molecule is C1=Nc2c(n(-c3ccc(-c4ccc(-n5c6cccnc6c6ncnnc65)cc4)cc3)c3nncnc23)CC1. The Hall–Kier alpha value is -5.38. The largest absolute Gasteiger partial charge is 0.293 e. The van der Waals surface area contributed by atoms with Gasteiger partial charge in [0.05, 0.1) is 11.2 Å². The summed E-state index contributed by atoms with van der Waals surface area (Å²) in [5.74, 6) is 0. The highest BCUT2D eigenvalue weighted by Gasteiger charge is 2.22. The Labute approximate surface area is 215 Å². The van der Waals surface area contributed by atoms with Gasteiger partial charge in [-0.2, -0.15) is 0 Å². The molecule has 0 spiro atoms. The van der Waals surface area contributed by atoms with E-state index in [0.29, 0.717) is 5.65 Å². The van der Waals surface area contributed by atoms with Crippen LogP contribution in [-0.4, -0.2) is 50.7 Å². The minimum absolute atomic E-state index is 0.683. The molecular formula is C28H18N10. The van der Waals surface area contributed by atoms with E-state index in [1.165, 1.54) is 12.7 Å². The van der Waals surface area contributed by atoms with Crippen LogP contribution in [0.3, 0.4) is 0 Å². The molecule has 38 heavy (non-hydrogen) atoms. The highest BCUT2D eigenvalue weighted by Crippen LogP contribution is 2.36. The number of hydrogen-bond acceptors (Lipinski definition) is 8. The fourth-order valence-corrected chi connectivity index (χ4v) is 5.29. The van der Waals surface area contributed by atoms with Crippen molar-refractivity contribution in [1.29, 1.82) is 0 Å². The second-order valence-corrected chi connectivity index (χ2v) is 9.05. The summed E-state index contributed by atoms with van der Waals surface area (Å²) in [6, 6.07) is 20.8. The van der Waals surface area contributed by atoms with E-state index in [-0.39, 0.29) is 0 Å². The molecule has 0 amide bonds. The van der Waals surface area contributed by atoms with Crippen LogP contribution in [0, 0.1) is 0 Å². The maximum atomic E-state index is 4.61. The Balaban J connectivity index is 1.18. The number of rotatable bonds is 3. The first kappa shape index (κ1) is 20.8. The van der Waals surface area contributed by atoms with Crippen LogP contribution in [0.2, 0.25) is 0 Å². The lowest BCUT2D eigenvalue weighted by atomic mass is 10.0. The quantitative estimate of drug-likeness (QED) is 0.346. The minimum atomic E-state index is 0.683. The van der Waals surface area contributed by atoms with E-state index in [2.05, 4.69) is 93.4 Å². The lowest BCUT2D eigenvalue weighted by Gasteiger charge is -2.13. The molecule has 10 heteroatoms. The summed E-state index contributed by atoms with van der Waals surface area (Å²) < 4.78 is 4.17. The first-order valence-corrected chi connectivity index (χ1v) is 12.2. The van der Waals surface area contributed by atoms with Gasteiger partial charge in [0.2, 0.25) is 0 Å². The maximum absolute atomic E-state index is 4.61. The molecule has 0 radical (unpaired) electrons. The van der Waals surface area contributed by atoms with Crippen molar-refractivity contribution in [2.24, 2.45) is 4.99 Å². The molecular weight excluding hydrogens is 476 g/mol. The monoisotopic (exact) mass is 494 g/mol. The van der Waals surface area contributed by atoms with E-state index < -0.39 is 0 Å². The molecule has 0 unspecified atom stereocenters. The van der Waals surface area contributed by atoms with Crippen molar-refractivity contribution in [3.05, 3.63) is 85.2 Å². The van der Waals surface area contributed by atoms with Crippen LogP contribution in [0.25, 0.3) is 55.9 Å². The molecule has 1 aliphatic heterocycles. The molecule has 2 aromatic carbocycles. The van der Waals surface area contributed by atoms with Crippen molar-refractivity contribution < 1.29 is 0 Å². The number of nitrogens with zero attached hydrogens (tertiary/aromatic N) is 10. The van der Waals surface area contributed by atoms with E-state index in [1.54, 1.807) is 6.20 Å². The van der Waals surface area contributed by atoms with Gasteiger partial charge in [-0.25, -0.2) is 9.97 Å². The molecule has 1 aliphatic rings. The van der Waals surface area contributed by atoms with Gasteiger partial charge >= 0.3 is 0 Å². The van der Waals surface area contributed by atoms with E-state index in [4.69, 9.17) is 0 Å². The normalized spacial score (nSPS) is 12.9. The number of hydrogen-bond donors (Lipinski definition) is 0. The molecule has 5 aromatic heterocycles. The van der Waals surface area contributed by atoms with Crippen LogP contribution in [-0.2, 0) is 6.42 Å². The lowest BCUT2D eigenvalue weighted by molar-refractivity contribution is 0.891. The van der Waals surface area contributed by atoms with Crippen molar-refractivity contribution in [2.45, 2.75) is 12.8 Å². The zero-order valence-corrected chi connectivity index (χ0v) is 20.0. The Morgan fingerprint density at radius 3 is 2.03 bits per heavy atom. The topological polar surface area (TPSA) is 112 Å².